The number of carbonyl (C=O) groups is 2. The molecular weight excluding hydrogens is 268 g/mol. The van der Waals surface area contributed by atoms with E-state index in [1.54, 1.807) is 0 Å². The van der Waals surface area contributed by atoms with Crippen LogP contribution in [-0.2, 0) is 19.1 Å². The van der Waals surface area contributed by atoms with Gasteiger partial charge >= 0.3 is 11.9 Å². The summed E-state index contributed by atoms with van der Waals surface area (Å²) in [7, 11) is 0. The van der Waals surface area contributed by atoms with E-state index in [4.69, 9.17) is 9.47 Å². The number of rotatable bonds is 6. The summed E-state index contributed by atoms with van der Waals surface area (Å²) in [5.41, 5.74) is -1.37. The number of hydrogen-bond acceptors (Lipinski definition) is 4. The molecule has 0 spiro atoms. The van der Waals surface area contributed by atoms with Crippen LogP contribution in [0.15, 0.2) is 0 Å². The smallest absolute Gasteiger partial charge is 0.311 e. The van der Waals surface area contributed by atoms with Gasteiger partial charge < -0.3 is 9.47 Å². The van der Waals surface area contributed by atoms with Gasteiger partial charge in [-0.25, -0.2) is 0 Å². The van der Waals surface area contributed by atoms with Crippen LogP contribution in [-0.4, -0.2) is 25.2 Å². The SMILES string of the molecule is CCCC(C)(COC(=O)C(C)(C)C)COC(=O)C(C)(C)C. The van der Waals surface area contributed by atoms with E-state index in [9.17, 15) is 9.59 Å². The molecule has 0 rings (SSSR count). The highest BCUT2D eigenvalue weighted by molar-refractivity contribution is 5.76. The predicted octanol–water partition coefficient (Wildman–Crippen LogP) is 3.97. The van der Waals surface area contributed by atoms with Crippen LogP contribution in [0.4, 0.5) is 0 Å². The van der Waals surface area contributed by atoms with Gasteiger partial charge in [-0.1, -0.05) is 20.3 Å². The average molecular weight is 300 g/mol. The molecule has 0 aromatic heterocycles. The highest BCUT2D eigenvalue weighted by Gasteiger charge is 2.32. The van der Waals surface area contributed by atoms with Crippen LogP contribution in [0.25, 0.3) is 0 Å². The summed E-state index contributed by atoms with van der Waals surface area (Å²) in [4.78, 5) is 23.8. The van der Waals surface area contributed by atoms with Crippen LogP contribution < -0.4 is 0 Å². The zero-order chi connectivity index (χ0) is 16.9. The molecule has 0 aromatic rings. The van der Waals surface area contributed by atoms with Gasteiger partial charge in [0.1, 0.15) is 0 Å². The number of carbonyl (C=O) groups excluding carboxylic acids is 2. The topological polar surface area (TPSA) is 52.6 Å². The molecule has 124 valence electrons. The maximum atomic E-state index is 11.9. The van der Waals surface area contributed by atoms with Crippen molar-refractivity contribution in [2.45, 2.75) is 68.2 Å². The third kappa shape index (κ3) is 7.49. The zero-order valence-corrected chi connectivity index (χ0v) is 15.0. The first-order valence-corrected chi connectivity index (χ1v) is 7.66. The Bertz CT molecular complexity index is 328. The van der Waals surface area contributed by atoms with Crippen LogP contribution in [0.1, 0.15) is 68.2 Å². The first-order chi connectivity index (χ1) is 9.32. The van der Waals surface area contributed by atoms with Crippen molar-refractivity contribution >= 4 is 11.9 Å². The zero-order valence-electron chi connectivity index (χ0n) is 15.0. The molecule has 0 aliphatic carbocycles. The Kier molecular flexibility index (Phi) is 6.91. The van der Waals surface area contributed by atoms with E-state index in [2.05, 4.69) is 6.92 Å². The van der Waals surface area contributed by atoms with E-state index in [0.717, 1.165) is 12.8 Å². The van der Waals surface area contributed by atoms with E-state index < -0.39 is 10.8 Å². The highest BCUT2D eigenvalue weighted by atomic mass is 16.5. The van der Waals surface area contributed by atoms with Crippen LogP contribution in [0, 0.1) is 16.2 Å². The number of esters is 2. The molecule has 0 heterocycles. The van der Waals surface area contributed by atoms with Crippen LogP contribution in [0.2, 0.25) is 0 Å². The maximum absolute atomic E-state index is 11.9. The third-order valence-electron chi connectivity index (χ3n) is 3.18. The van der Waals surface area contributed by atoms with Crippen molar-refractivity contribution in [3.63, 3.8) is 0 Å². The number of ether oxygens (including phenoxy) is 2. The van der Waals surface area contributed by atoms with Gasteiger partial charge in [-0.05, 0) is 48.0 Å². The molecule has 21 heavy (non-hydrogen) atoms. The summed E-state index contributed by atoms with van der Waals surface area (Å²) in [6, 6.07) is 0. The van der Waals surface area contributed by atoms with Crippen molar-refractivity contribution in [2.24, 2.45) is 16.2 Å². The Morgan fingerprint density at radius 3 is 1.33 bits per heavy atom. The molecule has 0 atom stereocenters. The molecule has 0 aliphatic rings. The molecular formula is C17H32O4. The Balaban J connectivity index is 4.63. The normalized spacial score (nSPS) is 13.0. The van der Waals surface area contributed by atoms with Crippen molar-refractivity contribution in [3.8, 4) is 0 Å². The lowest BCUT2D eigenvalue weighted by atomic mass is 9.87. The Morgan fingerprint density at radius 1 is 0.762 bits per heavy atom. The lowest BCUT2D eigenvalue weighted by molar-refractivity contribution is -0.163. The lowest BCUT2D eigenvalue weighted by Crippen LogP contribution is -2.35. The lowest BCUT2D eigenvalue weighted by Gasteiger charge is -2.30. The van der Waals surface area contributed by atoms with Gasteiger partial charge in [-0.15, -0.1) is 0 Å². The summed E-state index contributed by atoms with van der Waals surface area (Å²) in [5.74, 6) is -0.459. The molecule has 4 heteroatoms. The Labute approximate surface area is 129 Å². The van der Waals surface area contributed by atoms with Crippen molar-refractivity contribution in [1.29, 1.82) is 0 Å². The van der Waals surface area contributed by atoms with Crippen molar-refractivity contribution in [2.75, 3.05) is 13.2 Å². The molecule has 0 N–H and O–H groups in total. The molecule has 0 bridgehead atoms. The molecule has 0 aromatic carbocycles. The highest BCUT2D eigenvalue weighted by Crippen LogP contribution is 2.27. The molecule has 0 unspecified atom stereocenters. The molecule has 0 amide bonds. The molecule has 0 radical (unpaired) electrons. The first-order valence-electron chi connectivity index (χ1n) is 7.66. The second-order valence-corrected chi connectivity index (χ2v) is 8.21. The molecule has 4 nitrogen and oxygen atoms in total. The Morgan fingerprint density at radius 2 is 1.10 bits per heavy atom. The monoisotopic (exact) mass is 300 g/mol. The summed E-state index contributed by atoms with van der Waals surface area (Å²) in [6.07, 6.45) is 1.78. The average Bonchev–Trinajstić information content (AvgIpc) is 2.31. The van der Waals surface area contributed by atoms with E-state index in [1.165, 1.54) is 0 Å². The first kappa shape index (κ1) is 19.9. The predicted molar refractivity (Wildman–Crippen MR) is 83.8 cm³/mol. The molecule has 0 saturated heterocycles. The van der Waals surface area contributed by atoms with Crippen LogP contribution >= 0.6 is 0 Å². The quantitative estimate of drug-likeness (QED) is 0.696. The van der Waals surface area contributed by atoms with Gasteiger partial charge in [0.05, 0.1) is 24.0 Å². The van der Waals surface area contributed by atoms with Crippen molar-refractivity contribution in [3.05, 3.63) is 0 Å². The third-order valence-corrected chi connectivity index (χ3v) is 3.18. The minimum Gasteiger partial charge on any atom is -0.465 e. The second kappa shape index (κ2) is 7.28. The van der Waals surface area contributed by atoms with Gasteiger partial charge in [-0.2, -0.15) is 0 Å². The van der Waals surface area contributed by atoms with Gasteiger partial charge in [0.25, 0.3) is 0 Å². The minimum absolute atomic E-state index is 0.230. The van der Waals surface area contributed by atoms with Gasteiger partial charge in [-0.3, -0.25) is 9.59 Å². The summed E-state index contributed by atoms with van der Waals surface area (Å²) in [6.45, 7) is 15.6. The Hall–Kier alpha value is -1.06. The standard InChI is InChI=1S/C17H32O4/c1-9-10-17(8,11-20-13(18)15(2,3)4)12-21-14(19)16(5,6)7/h9-12H2,1-8H3. The molecule has 0 fully saturated rings. The van der Waals surface area contributed by atoms with E-state index >= 15 is 0 Å². The van der Waals surface area contributed by atoms with Gasteiger partial charge in [0.2, 0.25) is 0 Å². The van der Waals surface area contributed by atoms with E-state index in [0.29, 0.717) is 0 Å². The second-order valence-electron chi connectivity index (χ2n) is 8.21. The summed E-state index contributed by atoms with van der Waals surface area (Å²) in [5, 5.41) is 0. The summed E-state index contributed by atoms with van der Waals surface area (Å²) < 4.78 is 10.8. The van der Waals surface area contributed by atoms with Crippen molar-refractivity contribution < 1.29 is 19.1 Å². The fourth-order valence-electron chi connectivity index (χ4n) is 1.70. The van der Waals surface area contributed by atoms with E-state index in [-0.39, 0.29) is 30.6 Å². The largest absolute Gasteiger partial charge is 0.465 e. The van der Waals surface area contributed by atoms with Gasteiger partial charge in [0.15, 0.2) is 0 Å². The maximum Gasteiger partial charge on any atom is 0.311 e. The molecule has 0 saturated carbocycles. The minimum atomic E-state index is -0.519. The number of hydrogen-bond donors (Lipinski definition) is 0. The van der Waals surface area contributed by atoms with Crippen LogP contribution in [0.3, 0.4) is 0 Å². The van der Waals surface area contributed by atoms with Gasteiger partial charge in [0, 0.05) is 5.41 Å². The van der Waals surface area contributed by atoms with Crippen LogP contribution in [0.5, 0.6) is 0 Å². The summed E-state index contributed by atoms with van der Waals surface area (Å²) >= 11 is 0. The fourth-order valence-corrected chi connectivity index (χ4v) is 1.70. The van der Waals surface area contributed by atoms with Crippen molar-refractivity contribution in [1.82, 2.24) is 0 Å². The molecule has 0 aliphatic heterocycles. The van der Waals surface area contributed by atoms with E-state index in [1.807, 2.05) is 48.5 Å². The fraction of sp³-hybridized carbons (Fsp3) is 0.882.